The third kappa shape index (κ3) is 3.68. The van der Waals surface area contributed by atoms with E-state index in [-0.39, 0.29) is 12.5 Å². The zero-order valence-electron chi connectivity index (χ0n) is 13.8. The Hall–Kier alpha value is -1.72. The van der Waals surface area contributed by atoms with Gasteiger partial charge in [-0.1, -0.05) is 31.0 Å². The maximum atomic E-state index is 12.9. The average Bonchev–Trinajstić information content (AvgIpc) is 3.26. The molecule has 1 amide bonds. The highest BCUT2D eigenvalue weighted by Crippen LogP contribution is 2.45. The van der Waals surface area contributed by atoms with E-state index in [0.29, 0.717) is 5.76 Å². The van der Waals surface area contributed by atoms with Crippen LogP contribution in [0, 0.1) is 0 Å². The van der Waals surface area contributed by atoms with Crippen LogP contribution in [0.2, 0.25) is 0 Å². The van der Waals surface area contributed by atoms with Crippen LogP contribution < -0.4 is 5.32 Å². The van der Waals surface area contributed by atoms with Crippen LogP contribution in [0.3, 0.4) is 0 Å². The normalized spacial score (nSPS) is 18.9. The first-order valence-corrected chi connectivity index (χ1v) is 9.12. The Labute approximate surface area is 146 Å². The highest BCUT2D eigenvalue weighted by atomic mass is 32.2. The maximum absolute atomic E-state index is 12.9. The van der Waals surface area contributed by atoms with Crippen molar-refractivity contribution in [1.29, 1.82) is 0 Å². The number of furan rings is 1. The lowest BCUT2D eigenvalue weighted by molar-refractivity contribution is -0.124. The molecule has 4 nitrogen and oxygen atoms in total. The maximum Gasteiger partial charge on any atom is 0.236 e. The zero-order valence-corrected chi connectivity index (χ0v) is 14.6. The first kappa shape index (κ1) is 17.1. The van der Waals surface area contributed by atoms with Gasteiger partial charge in [-0.05, 0) is 44.0 Å². The van der Waals surface area contributed by atoms with Gasteiger partial charge in [0.15, 0.2) is 0 Å². The second-order valence-electron chi connectivity index (χ2n) is 6.55. The van der Waals surface area contributed by atoms with Gasteiger partial charge in [-0.25, -0.2) is 0 Å². The fourth-order valence-electron chi connectivity index (χ4n) is 3.12. The molecule has 2 N–H and O–H groups in total. The van der Waals surface area contributed by atoms with Crippen LogP contribution >= 0.6 is 11.8 Å². The van der Waals surface area contributed by atoms with Crippen molar-refractivity contribution in [2.24, 2.45) is 0 Å². The molecule has 2 aromatic rings. The van der Waals surface area contributed by atoms with Crippen molar-refractivity contribution in [1.82, 2.24) is 5.32 Å². The largest absolute Gasteiger partial charge is 0.466 e. The number of nitrogens with one attached hydrogen (secondary N) is 1. The molecule has 1 aromatic carbocycles. The van der Waals surface area contributed by atoms with Crippen LogP contribution in [0.15, 0.2) is 58.0 Å². The summed E-state index contributed by atoms with van der Waals surface area (Å²) in [5, 5.41) is 13.5. The molecule has 0 saturated heterocycles. The zero-order chi connectivity index (χ0) is 17.0. The van der Waals surface area contributed by atoms with Gasteiger partial charge in [0.05, 0.1) is 17.6 Å². The van der Waals surface area contributed by atoms with E-state index < -0.39 is 10.3 Å². The molecule has 0 radical (unpaired) electrons. The predicted octanol–water partition coefficient (Wildman–Crippen LogP) is 3.71. The van der Waals surface area contributed by atoms with E-state index in [2.05, 4.69) is 5.32 Å². The number of thioether (sulfide) groups is 1. The molecule has 1 aromatic heterocycles. The molecule has 1 atom stereocenters. The highest BCUT2D eigenvalue weighted by molar-refractivity contribution is 8.01. The van der Waals surface area contributed by atoms with Crippen molar-refractivity contribution >= 4 is 17.7 Å². The molecule has 0 spiro atoms. The summed E-state index contributed by atoms with van der Waals surface area (Å²) in [4.78, 5) is 14.0. The van der Waals surface area contributed by atoms with Gasteiger partial charge in [-0.3, -0.25) is 4.79 Å². The second kappa shape index (κ2) is 7.03. The number of amides is 1. The molecule has 3 rings (SSSR count). The van der Waals surface area contributed by atoms with Gasteiger partial charge in [0, 0.05) is 4.90 Å². The van der Waals surface area contributed by atoms with E-state index in [1.165, 1.54) is 6.26 Å². The summed E-state index contributed by atoms with van der Waals surface area (Å²) in [6.07, 6.45) is 5.36. The van der Waals surface area contributed by atoms with Gasteiger partial charge >= 0.3 is 0 Å². The van der Waals surface area contributed by atoms with Gasteiger partial charge in [0.25, 0.3) is 0 Å². The molecule has 1 fully saturated rings. The lowest BCUT2D eigenvalue weighted by Crippen LogP contribution is -2.47. The highest BCUT2D eigenvalue weighted by Gasteiger charge is 2.43. The average molecular weight is 345 g/mol. The Kier molecular flexibility index (Phi) is 5.01. The minimum atomic E-state index is -1.21. The predicted molar refractivity (Wildman–Crippen MR) is 94.8 cm³/mol. The molecular formula is C19H23NO3S. The number of carbonyl (C=O) groups is 1. The molecule has 1 aliphatic rings. The monoisotopic (exact) mass is 345 g/mol. The van der Waals surface area contributed by atoms with Crippen molar-refractivity contribution in [2.45, 2.75) is 47.9 Å². The third-order valence-electron chi connectivity index (χ3n) is 4.53. The van der Waals surface area contributed by atoms with Gasteiger partial charge in [-0.15, -0.1) is 11.8 Å². The molecule has 1 unspecified atom stereocenters. The number of rotatable bonds is 6. The fourth-order valence-corrected chi connectivity index (χ4v) is 4.52. The van der Waals surface area contributed by atoms with Crippen LogP contribution in [0.4, 0.5) is 0 Å². The Morgan fingerprint density at radius 3 is 2.58 bits per heavy atom. The topological polar surface area (TPSA) is 62.5 Å². The molecule has 5 heteroatoms. The van der Waals surface area contributed by atoms with Gasteiger partial charge in [0.1, 0.15) is 11.4 Å². The first-order valence-electron chi connectivity index (χ1n) is 8.31. The van der Waals surface area contributed by atoms with Crippen LogP contribution in [-0.2, 0) is 10.4 Å². The number of hydrogen-bond donors (Lipinski definition) is 2. The van der Waals surface area contributed by atoms with Crippen LogP contribution in [0.25, 0.3) is 0 Å². The summed E-state index contributed by atoms with van der Waals surface area (Å²) in [5.41, 5.74) is -1.21. The quantitative estimate of drug-likeness (QED) is 0.838. The summed E-state index contributed by atoms with van der Waals surface area (Å²) in [6.45, 7) is 1.79. The Balaban J connectivity index is 1.69. The third-order valence-corrected chi connectivity index (χ3v) is 6.02. The molecule has 0 aliphatic heterocycles. The van der Waals surface area contributed by atoms with E-state index in [1.54, 1.807) is 30.8 Å². The van der Waals surface area contributed by atoms with Gasteiger partial charge < -0.3 is 14.8 Å². The number of benzene rings is 1. The lowest BCUT2D eigenvalue weighted by Gasteiger charge is -2.29. The van der Waals surface area contributed by atoms with Crippen molar-refractivity contribution in [2.75, 3.05) is 6.54 Å². The molecule has 24 heavy (non-hydrogen) atoms. The van der Waals surface area contributed by atoms with Gasteiger partial charge in [0.2, 0.25) is 5.91 Å². The second-order valence-corrected chi connectivity index (χ2v) is 8.01. The Bertz CT molecular complexity index is 661. The molecule has 1 heterocycles. The minimum absolute atomic E-state index is 0.000634. The van der Waals surface area contributed by atoms with E-state index in [1.807, 2.05) is 30.3 Å². The smallest absolute Gasteiger partial charge is 0.236 e. The molecule has 0 bridgehead atoms. The SMILES string of the molecule is CC(O)(CNC(=O)C1(Sc2ccccc2)CCCC1)c1ccco1. The molecular weight excluding hydrogens is 322 g/mol. The van der Waals surface area contributed by atoms with Crippen LogP contribution in [0.1, 0.15) is 38.4 Å². The Morgan fingerprint density at radius 1 is 1.25 bits per heavy atom. The van der Waals surface area contributed by atoms with E-state index >= 15 is 0 Å². The standard InChI is InChI=1S/C19H23NO3S/c1-18(22,16-10-7-13-23-16)14-20-17(21)19(11-5-6-12-19)24-15-8-3-2-4-9-15/h2-4,7-10,13,22H,5-6,11-12,14H2,1H3,(H,20,21). The number of carbonyl (C=O) groups excluding carboxylic acids is 1. The minimum Gasteiger partial charge on any atom is -0.466 e. The first-order chi connectivity index (χ1) is 11.5. The van der Waals surface area contributed by atoms with Gasteiger partial charge in [-0.2, -0.15) is 0 Å². The van der Waals surface area contributed by atoms with E-state index in [4.69, 9.17) is 4.42 Å². The van der Waals surface area contributed by atoms with Crippen molar-refractivity contribution in [3.8, 4) is 0 Å². The van der Waals surface area contributed by atoms with Crippen LogP contribution in [-0.4, -0.2) is 22.3 Å². The number of aliphatic hydroxyl groups is 1. The van der Waals surface area contributed by atoms with E-state index in [0.717, 1.165) is 30.6 Å². The van der Waals surface area contributed by atoms with Crippen molar-refractivity contribution < 1.29 is 14.3 Å². The number of hydrogen-bond acceptors (Lipinski definition) is 4. The summed E-state index contributed by atoms with van der Waals surface area (Å²) in [7, 11) is 0. The van der Waals surface area contributed by atoms with Crippen molar-refractivity contribution in [3.63, 3.8) is 0 Å². The molecule has 1 saturated carbocycles. The van der Waals surface area contributed by atoms with Crippen LogP contribution in [0.5, 0.6) is 0 Å². The fraction of sp³-hybridized carbons (Fsp3) is 0.421. The summed E-state index contributed by atoms with van der Waals surface area (Å²) >= 11 is 1.64. The summed E-state index contributed by atoms with van der Waals surface area (Å²) < 4.78 is 4.83. The molecule has 128 valence electrons. The summed E-state index contributed by atoms with van der Waals surface area (Å²) in [5.74, 6) is 0.458. The summed E-state index contributed by atoms with van der Waals surface area (Å²) in [6, 6.07) is 13.5. The van der Waals surface area contributed by atoms with E-state index in [9.17, 15) is 9.90 Å². The molecule has 1 aliphatic carbocycles. The lowest BCUT2D eigenvalue weighted by atomic mass is 10.0. The van der Waals surface area contributed by atoms with Crippen molar-refractivity contribution in [3.05, 3.63) is 54.5 Å². The Morgan fingerprint density at radius 2 is 1.96 bits per heavy atom.